The molecule has 0 aliphatic heterocycles. The van der Waals surface area contributed by atoms with Crippen molar-refractivity contribution in [1.29, 1.82) is 0 Å². The fourth-order valence-electron chi connectivity index (χ4n) is 3.82. The van der Waals surface area contributed by atoms with Gasteiger partial charge in [-0.25, -0.2) is 9.36 Å². The van der Waals surface area contributed by atoms with Crippen LogP contribution < -0.4 is 5.56 Å². The molecule has 4 rings (SSSR count). The molecule has 0 radical (unpaired) electrons. The van der Waals surface area contributed by atoms with Crippen LogP contribution in [-0.2, 0) is 12.8 Å². The minimum atomic E-state index is -1.34. The summed E-state index contributed by atoms with van der Waals surface area (Å²) in [6.07, 6.45) is 1.62. The van der Waals surface area contributed by atoms with E-state index in [1.807, 2.05) is 18.2 Å². The average Bonchev–Trinajstić information content (AvgIpc) is 3.01. The number of nitrogens with zero attached hydrogens (tertiary/aromatic N) is 1. The average molecular weight is 382 g/mol. The van der Waals surface area contributed by atoms with Crippen molar-refractivity contribution in [2.45, 2.75) is 19.3 Å². The zero-order valence-electron chi connectivity index (χ0n) is 14.3. The first-order valence-electron chi connectivity index (χ1n) is 8.62. The molecule has 1 unspecified atom stereocenters. The van der Waals surface area contributed by atoms with Gasteiger partial charge < -0.3 is 5.11 Å². The van der Waals surface area contributed by atoms with Crippen molar-refractivity contribution in [2.75, 3.05) is 0 Å². The topological polar surface area (TPSA) is 76.4 Å². The Hall–Kier alpha value is -2.92. The SMILES string of the molecule is O=C(O)c1cc2ccccc2n(C(=O)CC2Cc3ccc(Cl)cc3C2)c1=O. The summed E-state index contributed by atoms with van der Waals surface area (Å²) >= 11 is 6.04. The van der Waals surface area contributed by atoms with Crippen molar-refractivity contribution < 1.29 is 14.7 Å². The number of para-hydroxylation sites is 1. The van der Waals surface area contributed by atoms with Gasteiger partial charge in [-0.1, -0.05) is 35.9 Å². The van der Waals surface area contributed by atoms with Crippen LogP contribution in [0.15, 0.2) is 53.3 Å². The summed E-state index contributed by atoms with van der Waals surface area (Å²) in [5.41, 5.74) is 1.52. The van der Waals surface area contributed by atoms with E-state index in [-0.39, 0.29) is 18.2 Å². The molecule has 1 aliphatic carbocycles. The number of hydrogen-bond acceptors (Lipinski definition) is 3. The Bertz CT molecular complexity index is 1150. The molecule has 0 fully saturated rings. The number of fused-ring (bicyclic) bond motifs is 2. The van der Waals surface area contributed by atoms with E-state index in [0.717, 1.165) is 22.1 Å². The molecule has 27 heavy (non-hydrogen) atoms. The maximum Gasteiger partial charge on any atom is 0.341 e. The van der Waals surface area contributed by atoms with Crippen LogP contribution in [0.3, 0.4) is 0 Å². The second kappa shape index (κ2) is 6.67. The summed E-state index contributed by atoms with van der Waals surface area (Å²) in [5, 5.41) is 10.5. The van der Waals surface area contributed by atoms with E-state index in [9.17, 15) is 19.5 Å². The zero-order valence-corrected chi connectivity index (χ0v) is 15.1. The van der Waals surface area contributed by atoms with Gasteiger partial charge in [-0.05, 0) is 59.5 Å². The van der Waals surface area contributed by atoms with Gasteiger partial charge in [0.15, 0.2) is 0 Å². The standard InChI is InChI=1S/C21H16ClNO4/c22-16-6-5-13-7-12(8-15(13)10-16)9-19(24)23-18-4-2-1-3-14(18)11-17(20(23)25)21(26)27/h1-6,10-12H,7-9H2,(H,26,27). The summed E-state index contributed by atoms with van der Waals surface area (Å²) in [4.78, 5) is 37.0. The number of aromatic nitrogens is 1. The lowest BCUT2D eigenvalue weighted by molar-refractivity contribution is 0.0694. The number of benzene rings is 2. The molecule has 0 saturated heterocycles. The lowest BCUT2D eigenvalue weighted by Gasteiger charge is -2.13. The second-order valence-corrected chi connectivity index (χ2v) is 7.28. The summed E-state index contributed by atoms with van der Waals surface area (Å²) in [5.74, 6) is -1.66. The van der Waals surface area contributed by atoms with Crippen molar-refractivity contribution in [3.05, 3.63) is 80.6 Å². The first-order chi connectivity index (χ1) is 12.9. The minimum Gasteiger partial charge on any atom is -0.477 e. The van der Waals surface area contributed by atoms with E-state index in [1.165, 1.54) is 6.07 Å². The van der Waals surface area contributed by atoms with Gasteiger partial charge in [-0.15, -0.1) is 0 Å². The van der Waals surface area contributed by atoms with Crippen LogP contribution in [0.5, 0.6) is 0 Å². The molecule has 0 spiro atoms. The Morgan fingerprint density at radius 3 is 2.59 bits per heavy atom. The molecule has 0 amide bonds. The normalized spacial score (nSPS) is 15.7. The number of carboxylic acids is 1. The zero-order chi connectivity index (χ0) is 19.1. The van der Waals surface area contributed by atoms with Gasteiger partial charge >= 0.3 is 5.97 Å². The van der Waals surface area contributed by atoms with Gasteiger partial charge in [0.05, 0.1) is 5.52 Å². The molecule has 1 aliphatic rings. The van der Waals surface area contributed by atoms with Crippen LogP contribution in [0, 0.1) is 5.92 Å². The first kappa shape index (κ1) is 17.5. The maximum atomic E-state index is 13.0. The second-order valence-electron chi connectivity index (χ2n) is 6.85. The van der Waals surface area contributed by atoms with E-state index in [1.54, 1.807) is 24.3 Å². The fourth-order valence-corrected chi connectivity index (χ4v) is 4.02. The van der Waals surface area contributed by atoms with Crippen LogP contribution in [0.25, 0.3) is 10.9 Å². The Morgan fingerprint density at radius 1 is 1.07 bits per heavy atom. The molecule has 1 atom stereocenters. The molecule has 0 saturated carbocycles. The summed E-state index contributed by atoms with van der Waals surface area (Å²) < 4.78 is 1.01. The van der Waals surface area contributed by atoms with E-state index >= 15 is 0 Å². The van der Waals surface area contributed by atoms with Crippen molar-refractivity contribution in [3.8, 4) is 0 Å². The van der Waals surface area contributed by atoms with Crippen LogP contribution in [-0.4, -0.2) is 21.6 Å². The van der Waals surface area contributed by atoms with Crippen molar-refractivity contribution in [2.24, 2.45) is 5.92 Å². The number of pyridine rings is 1. The largest absolute Gasteiger partial charge is 0.477 e. The van der Waals surface area contributed by atoms with Crippen LogP contribution >= 0.6 is 11.6 Å². The minimum absolute atomic E-state index is 0.0603. The number of rotatable bonds is 3. The van der Waals surface area contributed by atoms with E-state index in [4.69, 9.17) is 11.6 Å². The smallest absolute Gasteiger partial charge is 0.341 e. The van der Waals surface area contributed by atoms with Crippen molar-refractivity contribution in [1.82, 2.24) is 4.57 Å². The number of aromatic carboxylic acids is 1. The van der Waals surface area contributed by atoms with Crippen LogP contribution in [0.1, 0.15) is 32.7 Å². The Balaban J connectivity index is 1.70. The van der Waals surface area contributed by atoms with Gasteiger partial charge in [0, 0.05) is 11.4 Å². The van der Waals surface area contributed by atoms with E-state index < -0.39 is 17.1 Å². The number of carboxylic acid groups (broad SMARTS) is 1. The third-order valence-electron chi connectivity index (χ3n) is 5.04. The maximum absolute atomic E-state index is 13.0. The number of hydrogen-bond donors (Lipinski definition) is 1. The van der Waals surface area contributed by atoms with Gasteiger partial charge in [-0.3, -0.25) is 9.59 Å². The van der Waals surface area contributed by atoms with Crippen molar-refractivity contribution >= 4 is 34.4 Å². The summed E-state index contributed by atoms with van der Waals surface area (Å²) in [6.45, 7) is 0. The highest BCUT2D eigenvalue weighted by Gasteiger charge is 2.26. The lowest BCUT2D eigenvalue weighted by atomic mass is 10.0. The Morgan fingerprint density at radius 2 is 1.81 bits per heavy atom. The molecular formula is C21H16ClNO4. The molecule has 6 heteroatoms. The molecule has 2 aromatic carbocycles. The molecule has 0 bridgehead atoms. The van der Waals surface area contributed by atoms with Gasteiger partial charge in [0.25, 0.3) is 5.56 Å². The van der Waals surface area contributed by atoms with Crippen LogP contribution in [0.2, 0.25) is 5.02 Å². The third kappa shape index (κ3) is 3.15. The number of carbonyl (C=O) groups excluding carboxylic acids is 1. The molecule has 1 heterocycles. The van der Waals surface area contributed by atoms with E-state index in [0.29, 0.717) is 22.3 Å². The van der Waals surface area contributed by atoms with Gasteiger partial charge in [0.2, 0.25) is 5.91 Å². The summed E-state index contributed by atoms with van der Waals surface area (Å²) in [7, 11) is 0. The third-order valence-corrected chi connectivity index (χ3v) is 5.27. The first-order valence-corrected chi connectivity index (χ1v) is 9.00. The quantitative estimate of drug-likeness (QED) is 0.748. The summed E-state index contributed by atoms with van der Waals surface area (Å²) in [6, 6.07) is 13.8. The highest BCUT2D eigenvalue weighted by atomic mass is 35.5. The molecule has 1 N–H and O–H groups in total. The monoisotopic (exact) mass is 381 g/mol. The van der Waals surface area contributed by atoms with Crippen molar-refractivity contribution in [3.63, 3.8) is 0 Å². The Labute approximate surface area is 159 Å². The molecule has 136 valence electrons. The lowest BCUT2D eigenvalue weighted by Crippen LogP contribution is -2.32. The van der Waals surface area contributed by atoms with Gasteiger partial charge in [-0.2, -0.15) is 0 Å². The fraction of sp³-hybridized carbons (Fsp3) is 0.190. The number of halogens is 1. The predicted octanol–water partition coefficient (Wildman–Crippen LogP) is 3.80. The highest BCUT2D eigenvalue weighted by Crippen LogP contribution is 2.31. The van der Waals surface area contributed by atoms with Crippen LogP contribution in [0.4, 0.5) is 0 Å². The Kier molecular flexibility index (Phi) is 4.32. The number of carbonyl (C=O) groups is 2. The van der Waals surface area contributed by atoms with Gasteiger partial charge in [0.1, 0.15) is 5.56 Å². The molecular weight excluding hydrogens is 366 g/mol. The highest BCUT2D eigenvalue weighted by molar-refractivity contribution is 6.30. The molecule has 3 aromatic rings. The molecule has 5 nitrogen and oxygen atoms in total. The predicted molar refractivity (Wildman–Crippen MR) is 103 cm³/mol. The van der Waals surface area contributed by atoms with E-state index in [2.05, 4.69) is 0 Å². The molecule has 1 aromatic heterocycles.